The summed E-state index contributed by atoms with van der Waals surface area (Å²) in [5.41, 5.74) is -0.0781. The summed E-state index contributed by atoms with van der Waals surface area (Å²) in [5.74, 6) is 0.811. The molecule has 0 aliphatic carbocycles. The zero-order chi connectivity index (χ0) is 12.9. The first kappa shape index (κ1) is 14.7. The van der Waals surface area contributed by atoms with Crippen LogP contribution in [0.1, 0.15) is 20.3 Å². The predicted octanol–water partition coefficient (Wildman–Crippen LogP) is 5.45. The van der Waals surface area contributed by atoms with Gasteiger partial charge in [0.05, 0.1) is 6.61 Å². The predicted molar refractivity (Wildman–Crippen MR) is 75.1 cm³/mol. The van der Waals surface area contributed by atoms with E-state index in [0.717, 1.165) is 12.2 Å². The van der Waals surface area contributed by atoms with E-state index in [-0.39, 0.29) is 5.41 Å². The Labute approximate surface area is 117 Å². The Bertz CT molecular complexity index is 378. The summed E-state index contributed by atoms with van der Waals surface area (Å²) < 4.78 is 5.90. The molecular formula is C13H15Cl3O. The summed E-state index contributed by atoms with van der Waals surface area (Å²) in [6.45, 7) is 4.72. The number of hydrogen-bond donors (Lipinski definition) is 0. The Balaban J connectivity index is 2.42. The van der Waals surface area contributed by atoms with Gasteiger partial charge in [0.25, 0.3) is 0 Å². The van der Waals surface area contributed by atoms with Gasteiger partial charge in [-0.25, -0.2) is 0 Å². The fourth-order valence-electron chi connectivity index (χ4n) is 1.33. The summed E-state index contributed by atoms with van der Waals surface area (Å²) in [5, 5.41) is 0.703. The Morgan fingerprint density at radius 1 is 1.24 bits per heavy atom. The van der Waals surface area contributed by atoms with E-state index >= 15 is 0 Å². The van der Waals surface area contributed by atoms with E-state index < -0.39 is 0 Å². The van der Waals surface area contributed by atoms with E-state index in [9.17, 15) is 0 Å². The number of ether oxygens (including phenoxy) is 1. The maximum atomic E-state index is 5.78. The minimum atomic E-state index is -0.0781. The largest absolute Gasteiger partial charge is 0.494 e. The Morgan fingerprint density at radius 3 is 2.35 bits per heavy atom. The van der Waals surface area contributed by atoms with Gasteiger partial charge in [0, 0.05) is 5.02 Å². The molecule has 0 aliphatic rings. The maximum Gasteiger partial charge on any atom is 0.119 e. The van der Waals surface area contributed by atoms with E-state index in [1.54, 1.807) is 12.1 Å². The molecule has 17 heavy (non-hydrogen) atoms. The fraction of sp³-hybridized carbons (Fsp3) is 0.385. The number of benzene rings is 1. The van der Waals surface area contributed by atoms with Crippen molar-refractivity contribution < 1.29 is 4.74 Å². The van der Waals surface area contributed by atoms with Crippen LogP contribution in [-0.2, 0) is 0 Å². The number of hydrogen-bond acceptors (Lipinski definition) is 1. The molecule has 0 heterocycles. The van der Waals surface area contributed by atoms with Crippen molar-refractivity contribution in [2.45, 2.75) is 20.3 Å². The molecule has 0 bridgehead atoms. The molecule has 4 heteroatoms. The summed E-state index contributed by atoms with van der Waals surface area (Å²) in [6.07, 6.45) is 2.65. The molecule has 1 aromatic carbocycles. The zero-order valence-corrected chi connectivity index (χ0v) is 12.1. The first-order chi connectivity index (χ1) is 7.89. The van der Waals surface area contributed by atoms with Crippen LogP contribution in [0.15, 0.2) is 34.8 Å². The van der Waals surface area contributed by atoms with Crippen LogP contribution >= 0.6 is 34.8 Å². The molecular weight excluding hydrogens is 279 g/mol. The molecule has 0 radical (unpaired) electrons. The molecule has 0 aliphatic heterocycles. The van der Waals surface area contributed by atoms with Gasteiger partial charge in [0.15, 0.2) is 0 Å². The monoisotopic (exact) mass is 292 g/mol. The summed E-state index contributed by atoms with van der Waals surface area (Å²) >= 11 is 17.1. The van der Waals surface area contributed by atoms with Crippen molar-refractivity contribution in [1.29, 1.82) is 0 Å². The van der Waals surface area contributed by atoms with Crippen molar-refractivity contribution >= 4 is 34.8 Å². The van der Waals surface area contributed by atoms with Crippen LogP contribution in [0.4, 0.5) is 0 Å². The van der Waals surface area contributed by atoms with Crippen molar-refractivity contribution in [3.63, 3.8) is 0 Å². The lowest BCUT2D eigenvalue weighted by Crippen LogP contribution is -2.13. The second kappa shape index (κ2) is 6.53. The van der Waals surface area contributed by atoms with Crippen molar-refractivity contribution in [1.82, 2.24) is 0 Å². The molecule has 0 unspecified atom stereocenters. The molecule has 1 nitrogen and oxygen atoms in total. The topological polar surface area (TPSA) is 9.23 Å². The second-order valence-electron chi connectivity index (χ2n) is 4.47. The first-order valence-corrected chi connectivity index (χ1v) is 6.45. The average molecular weight is 294 g/mol. The maximum absolute atomic E-state index is 5.78. The highest BCUT2D eigenvalue weighted by molar-refractivity contribution is 6.55. The van der Waals surface area contributed by atoms with Gasteiger partial charge in [0.1, 0.15) is 10.2 Å². The molecule has 0 fully saturated rings. The van der Waals surface area contributed by atoms with E-state index in [1.807, 2.05) is 18.2 Å². The average Bonchev–Trinajstić information content (AvgIpc) is 2.18. The molecule has 94 valence electrons. The van der Waals surface area contributed by atoms with Crippen LogP contribution in [-0.4, -0.2) is 6.61 Å². The molecule has 0 atom stereocenters. The first-order valence-electron chi connectivity index (χ1n) is 5.31. The van der Waals surface area contributed by atoms with Crippen LogP contribution in [0, 0.1) is 5.41 Å². The highest BCUT2D eigenvalue weighted by Gasteiger charge is 2.15. The molecule has 0 amide bonds. The minimum Gasteiger partial charge on any atom is -0.494 e. The second-order valence-corrected chi connectivity index (χ2v) is 5.92. The zero-order valence-electron chi connectivity index (χ0n) is 9.84. The van der Waals surface area contributed by atoms with E-state index in [4.69, 9.17) is 39.5 Å². The van der Waals surface area contributed by atoms with Crippen LogP contribution in [0.2, 0.25) is 5.02 Å². The third-order valence-electron chi connectivity index (χ3n) is 2.33. The summed E-state index contributed by atoms with van der Waals surface area (Å²) in [4.78, 5) is 0. The van der Waals surface area contributed by atoms with Gasteiger partial charge in [-0.1, -0.05) is 48.7 Å². The smallest absolute Gasteiger partial charge is 0.119 e. The highest BCUT2D eigenvalue weighted by atomic mass is 35.5. The highest BCUT2D eigenvalue weighted by Crippen LogP contribution is 2.27. The van der Waals surface area contributed by atoms with Gasteiger partial charge < -0.3 is 4.74 Å². The number of rotatable bonds is 5. The van der Waals surface area contributed by atoms with Crippen LogP contribution in [0.25, 0.3) is 0 Å². The summed E-state index contributed by atoms with van der Waals surface area (Å²) in [6, 6.07) is 7.30. The van der Waals surface area contributed by atoms with Gasteiger partial charge in [-0.15, -0.1) is 0 Å². The van der Waals surface area contributed by atoms with Gasteiger partial charge in [0.2, 0.25) is 0 Å². The van der Waals surface area contributed by atoms with Gasteiger partial charge >= 0.3 is 0 Å². The minimum absolute atomic E-state index is 0.0781. The van der Waals surface area contributed by atoms with Crippen LogP contribution in [0.3, 0.4) is 0 Å². The van der Waals surface area contributed by atoms with Crippen molar-refractivity contribution in [3.8, 4) is 5.75 Å². The quantitative estimate of drug-likeness (QED) is 0.701. The van der Waals surface area contributed by atoms with Crippen molar-refractivity contribution in [2.24, 2.45) is 5.41 Å². The number of halogens is 3. The third-order valence-corrected chi connectivity index (χ3v) is 2.80. The van der Waals surface area contributed by atoms with Gasteiger partial charge in [-0.3, -0.25) is 0 Å². The standard InChI is InChI=1S/C13H15Cl3O/c1-13(2,9-12(15)16)7-8-17-11-5-3-10(14)4-6-11/h3-6,9H,7-8H2,1-2H3. The Kier molecular flexibility index (Phi) is 5.64. The van der Waals surface area contributed by atoms with Gasteiger partial charge in [-0.2, -0.15) is 0 Å². The van der Waals surface area contributed by atoms with E-state index in [2.05, 4.69) is 13.8 Å². The molecule has 1 aromatic rings. The molecule has 0 saturated carbocycles. The molecule has 0 aromatic heterocycles. The third kappa shape index (κ3) is 6.21. The lowest BCUT2D eigenvalue weighted by molar-refractivity contribution is 0.260. The summed E-state index contributed by atoms with van der Waals surface area (Å²) in [7, 11) is 0. The normalized spacial score (nSPS) is 11.1. The van der Waals surface area contributed by atoms with Crippen molar-refractivity contribution in [2.75, 3.05) is 6.61 Å². The fourth-order valence-corrected chi connectivity index (χ4v) is 2.05. The molecule has 1 rings (SSSR count). The van der Waals surface area contributed by atoms with Crippen LogP contribution < -0.4 is 4.74 Å². The Hall–Kier alpha value is -0.370. The lowest BCUT2D eigenvalue weighted by atomic mass is 9.90. The van der Waals surface area contributed by atoms with E-state index in [1.165, 1.54) is 0 Å². The Morgan fingerprint density at radius 2 is 1.82 bits per heavy atom. The van der Waals surface area contributed by atoms with Gasteiger partial charge in [-0.05, 0) is 42.2 Å². The van der Waals surface area contributed by atoms with E-state index in [0.29, 0.717) is 16.1 Å². The van der Waals surface area contributed by atoms with Crippen molar-refractivity contribution in [3.05, 3.63) is 39.9 Å². The molecule has 0 saturated heterocycles. The SMILES string of the molecule is CC(C)(C=C(Cl)Cl)CCOc1ccc(Cl)cc1. The lowest BCUT2D eigenvalue weighted by Gasteiger charge is -2.20. The number of allylic oxidation sites excluding steroid dienone is 1. The molecule has 0 spiro atoms. The van der Waals surface area contributed by atoms with Crippen LogP contribution in [0.5, 0.6) is 5.75 Å². The molecule has 0 N–H and O–H groups in total.